The van der Waals surface area contributed by atoms with E-state index in [1.165, 1.54) is 43.0 Å². The first-order chi connectivity index (χ1) is 14.7. The molecule has 0 spiro atoms. The number of amides is 1. The summed E-state index contributed by atoms with van der Waals surface area (Å²) in [5.41, 5.74) is 1.99. The molecule has 2 atom stereocenters. The van der Waals surface area contributed by atoms with E-state index >= 15 is 0 Å². The second-order valence-corrected chi connectivity index (χ2v) is 10.7. The smallest absolute Gasteiger partial charge is 0.274 e. The van der Waals surface area contributed by atoms with Gasteiger partial charge in [0, 0.05) is 74.5 Å². The van der Waals surface area contributed by atoms with Crippen molar-refractivity contribution < 1.29 is 4.79 Å². The van der Waals surface area contributed by atoms with Crippen LogP contribution in [0.4, 0.5) is 5.69 Å². The summed E-state index contributed by atoms with van der Waals surface area (Å²) in [4.78, 5) is 23.4. The van der Waals surface area contributed by atoms with Crippen molar-refractivity contribution in [1.29, 1.82) is 0 Å². The summed E-state index contributed by atoms with van der Waals surface area (Å²) in [5, 5.41) is 1.04. The molecule has 4 bridgehead atoms. The Labute approximate surface area is 181 Å². The zero-order valence-corrected chi connectivity index (χ0v) is 18.2. The molecule has 1 aliphatic carbocycles. The molecule has 0 radical (unpaired) electrons. The highest BCUT2D eigenvalue weighted by atomic mass is 32.1. The van der Waals surface area contributed by atoms with Gasteiger partial charge in [0.25, 0.3) is 5.91 Å². The highest BCUT2D eigenvalue weighted by Gasteiger charge is 2.48. The van der Waals surface area contributed by atoms with Crippen LogP contribution in [0.2, 0.25) is 0 Å². The quantitative estimate of drug-likeness (QED) is 0.759. The first kappa shape index (κ1) is 17.9. The van der Waals surface area contributed by atoms with E-state index in [1.807, 2.05) is 0 Å². The van der Waals surface area contributed by atoms with Gasteiger partial charge in [-0.3, -0.25) is 9.69 Å². The van der Waals surface area contributed by atoms with Crippen molar-refractivity contribution in [3.8, 4) is 0 Å². The van der Waals surface area contributed by atoms with Crippen LogP contribution >= 0.6 is 11.5 Å². The van der Waals surface area contributed by atoms with E-state index < -0.39 is 0 Å². The summed E-state index contributed by atoms with van der Waals surface area (Å²) in [5.74, 6) is 0.142. The molecule has 1 aromatic heterocycles. The van der Waals surface area contributed by atoms with Gasteiger partial charge in [0.15, 0.2) is 0 Å². The fourth-order valence-electron chi connectivity index (χ4n) is 6.42. The first-order valence-corrected chi connectivity index (χ1v) is 12.5. The third-order valence-electron chi connectivity index (χ3n) is 8.20. The summed E-state index contributed by atoms with van der Waals surface area (Å²) in [6, 6.07) is 9.34. The molecule has 6 nitrogen and oxygen atoms in total. The number of carbonyl (C=O) groups excluding carboxylic acids is 1. The minimum absolute atomic E-state index is 0.142. The number of piperazine rings is 1. The number of likely N-dealkylation sites (tertiary alicyclic amines) is 1. The standard InChI is InChI=1S/C23H29N5OS/c29-23(26-10-9-25-7-5-16(26)6-8-25)22-20-4-3-17(12-21(20)30-24-22)28-14-18-11-19(28)13-27(18)15-1-2-15/h3-4,12,15-16,18-19H,1-2,5-11,13-14H2/t18-,19-/m0/s1. The lowest BCUT2D eigenvalue weighted by Gasteiger charge is -2.35. The van der Waals surface area contributed by atoms with Crippen molar-refractivity contribution in [2.75, 3.05) is 44.2 Å². The summed E-state index contributed by atoms with van der Waals surface area (Å²) in [6.45, 7) is 6.49. The fourth-order valence-corrected chi connectivity index (χ4v) is 7.22. The number of aromatic nitrogens is 1. The number of piperidine rings is 1. The van der Waals surface area contributed by atoms with Gasteiger partial charge in [-0.15, -0.1) is 0 Å². The number of carbonyl (C=O) groups is 1. The Morgan fingerprint density at radius 1 is 0.933 bits per heavy atom. The predicted molar refractivity (Wildman–Crippen MR) is 119 cm³/mol. The van der Waals surface area contributed by atoms with Crippen LogP contribution in [-0.4, -0.2) is 88.4 Å². The SMILES string of the molecule is O=C(c1nsc2cc(N3C[C@@H]4C[C@H]3CN4C3CC3)ccc12)N1CCN2CCC1CC2. The van der Waals surface area contributed by atoms with Crippen LogP contribution in [0.3, 0.4) is 0 Å². The number of nitrogens with zero attached hydrogens (tertiary/aromatic N) is 5. The van der Waals surface area contributed by atoms with Gasteiger partial charge in [0.1, 0.15) is 5.69 Å². The van der Waals surface area contributed by atoms with E-state index in [0.29, 0.717) is 17.8 Å². The summed E-state index contributed by atoms with van der Waals surface area (Å²) in [6.07, 6.45) is 6.33. The van der Waals surface area contributed by atoms with Gasteiger partial charge in [0.2, 0.25) is 0 Å². The van der Waals surface area contributed by atoms with E-state index in [2.05, 4.69) is 42.2 Å². The largest absolute Gasteiger partial charge is 0.366 e. The van der Waals surface area contributed by atoms with Gasteiger partial charge in [-0.25, -0.2) is 0 Å². The van der Waals surface area contributed by atoms with Crippen molar-refractivity contribution in [3.05, 3.63) is 23.9 Å². The van der Waals surface area contributed by atoms with E-state index in [-0.39, 0.29) is 5.91 Å². The molecule has 6 fully saturated rings. The minimum atomic E-state index is 0.142. The van der Waals surface area contributed by atoms with Crippen molar-refractivity contribution in [2.24, 2.45) is 0 Å². The van der Waals surface area contributed by atoms with Gasteiger partial charge in [-0.1, -0.05) is 0 Å². The number of fused-ring (bicyclic) bond motifs is 7. The molecule has 1 amide bonds. The van der Waals surface area contributed by atoms with Gasteiger partial charge in [-0.05, 0) is 61.8 Å². The van der Waals surface area contributed by atoms with Crippen LogP contribution in [0.25, 0.3) is 10.1 Å². The maximum absolute atomic E-state index is 13.4. The Hall–Kier alpha value is -1.70. The maximum Gasteiger partial charge on any atom is 0.274 e. The van der Waals surface area contributed by atoms with E-state index in [4.69, 9.17) is 0 Å². The lowest BCUT2D eigenvalue weighted by Crippen LogP contribution is -2.47. The normalized spacial score (nSPS) is 33.6. The van der Waals surface area contributed by atoms with Crippen molar-refractivity contribution in [3.63, 3.8) is 0 Å². The Kier molecular flexibility index (Phi) is 3.97. The molecule has 1 aromatic carbocycles. The molecule has 6 heterocycles. The van der Waals surface area contributed by atoms with Crippen molar-refractivity contribution >= 4 is 33.2 Å². The highest BCUT2D eigenvalue weighted by molar-refractivity contribution is 7.13. The molecule has 0 N–H and O–H groups in total. The maximum atomic E-state index is 13.4. The molecule has 8 rings (SSSR count). The molecular formula is C23H29N5OS. The number of hydrogen-bond donors (Lipinski definition) is 0. The zero-order valence-electron chi connectivity index (χ0n) is 17.4. The van der Waals surface area contributed by atoms with E-state index in [0.717, 1.165) is 67.7 Å². The Morgan fingerprint density at radius 3 is 2.57 bits per heavy atom. The molecular weight excluding hydrogens is 394 g/mol. The van der Waals surface area contributed by atoms with Crippen LogP contribution in [0, 0.1) is 0 Å². The highest BCUT2D eigenvalue weighted by Crippen LogP contribution is 2.41. The molecule has 7 heteroatoms. The number of hydrogen-bond acceptors (Lipinski definition) is 6. The second kappa shape index (κ2) is 6.65. The second-order valence-electron chi connectivity index (χ2n) is 9.91. The summed E-state index contributed by atoms with van der Waals surface area (Å²) < 4.78 is 5.81. The van der Waals surface area contributed by atoms with Crippen LogP contribution < -0.4 is 4.90 Å². The van der Waals surface area contributed by atoms with E-state index in [1.54, 1.807) is 0 Å². The van der Waals surface area contributed by atoms with Gasteiger partial charge in [0.05, 0.1) is 4.70 Å². The molecule has 1 saturated carbocycles. The predicted octanol–water partition coefficient (Wildman–Crippen LogP) is 2.64. The summed E-state index contributed by atoms with van der Waals surface area (Å²) in [7, 11) is 0. The topological polar surface area (TPSA) is 42.9 Å². The average Bonchev–Trinajstić information content (AvgIpc) is 3.37. The van der Waals surface area contributed by atoms with Crippen molar-refractivity contribution in [1.82, 2.24) is 19.1 Å². The van der Waals surface area contributed by atoms with Gasteiger partial charge >= 0.3 is 0 Å². The molecule has 2 aromatic rings. The first-order valence-electron chi connectivity index (χ1n) is 11.7. The molecule has 30 heavy (non-hydrogen) atoms. The van der Waals surface area contributed by atoms with E-state index in [9.17, 15) is 4.79 Å². The fraction of sp³-hybridized carbons (Fsp3) is 0.652. The van der Waals surface area contributed by atoms with Gasteiger partial charge in [-0.2, -0.15) is 4.37 Å². The Bertz CT molecular complexity index is 995. The third-order valence-corrected chi connectivity index (χ3v) is 9.01. The van der Waals surface area contributed by atoms with Gasteiger partial charge < -0.3 is 14.7 Å². The molecule has 5 saturated heterocycles. The molecule has 0 unspecified atom stereocenters. The number of rotatable bonds is 3. The number of benzene rings is 1. The average molecular weight is 424 g/mol. The lowest BCUT2D eigenvalue weighted by atomic mass is 10.0. The molecule has 6 aliphatic rings. The van der Waals surface area contributed by atoms with Crippen LogP contribution in [-0.2, 0) is 0 Å². The lowest BCUT2D eigenvalue weighted by molar-refractivity contribution is 0.0682. The van der Waals surface area contributed by atoms with Crippen LogP contribution in [0.1, 0.15) is 42.6 Å². The summed E-state index contributed by atoms with van der Waals surface area (Å²) >= 11 is 1.49. The molecule has 158 valence electrons. The van der Waals surface area contributed by atoms with Crippen LogP contribution in [0.15, 0.2) is 18.2 Å². The Balaban J connectivity index is 1.14. The minimum Gasteiger partial charge on any atom is -0.366 e. The van der Waals surface area contributed by atoms with Crippen molar-refractivity contribution in [2.45, 2.75) is 56.3 Å². The third kappa shape index (κ3) is 2.75. The molecule has 5 aliphatic heterocycles. The number of anilines is 1. The van der Waals surface area contributed by atoms with Crippen LogP contribution in [0.5, 0.6) is 0 Å². The zero-order chi connectivity index (χ0) is 19.8. The monoisotopic (exact) mass is 423 g/mol. The Morgan fingerprint density at radius 2 is 1.80 bits per heavy atom.